The molecule has 2 fully saturated rings. The second-order valence-electron chi connectivity index (χ2n) is 4.97. The van der Waals surface area contributed by atoms with Gasteiger partial charge in [-0.15, -0.1) is 6.58 Å². The van der Waals surface area contributed by atoms with Gasteiger partial charge in [0.1, 0.15) is 0 Å². The molecule has 0 aliphatic carbocycles. The van der Waals surface area contributed by atoms with E-state index in [4.69, 9.17) is 0 Å². The summed E-state index contributed by atoms with van der Waals surface area (Å²) in [5.74, 6) is 0. The molecule has 2 heterocycles. The van der Waals surface area contributed by atoms with Crippen LogP contribution in [0.4, 0.5) is 0 Å². The van der Waals surface area contributed by atoms with Crippen LogP contribution in [0.1, 0.15) is 39.0 Å². The zero-order chi connectivity index (χ0) is 10.7. The summed E-state index contributed by atoms with van der Waals surface area (Å²) in [6.07, 6.45) is 8.70. The number of hydrogen-bond acceptors (Lipinski definition) is 2. The van der Waals surface area contributed by atoms with Crippen LogP contribution < -0.4 is 5.32 Å². The first kappa shape index (κ1) is 11.2. The van der Waals surface area contributed by atoms with E-state index in [0.717, 1.165) is 24.5 Å². The molecule has 0 spiro atoms. The van der Waals surface area contributed by atoms with Crippen LogP contribution in [-0.2, 0) is 0 Å². The molecule has 0 amide bonds. The molecule has 0 aromatic carbocycles. The van der Waals surface area contributed by atoms with E-state index in [1.807, 2.05) is 6.08 Å². The standard InChI is InChI=1S/C13H24N2/c1-3-5-8-15(4-2)13-9-11-6-7-12(10-13)14-11/h3,11-14H,1,4-10H2,2H3. The number of hydrogen-bond donors (Lipinski definition) is 1. The maximum absolute atomic E-state index is 3.82. The topological polar surface area (TPSA) is 15.3 Å². The molecule has 2 unspecified atom stereocenters. The molecule has 0 saturated carbocycles. The van der Waals surface area contributed by atoms with Crippen molar-refractivity contribution in [2.75, 3.05) is 13.1 Å². The summed E-state index contributed by atoms with van der Waals surface area (Å²) in [4.78, 5) is 2.65. The van der Waals surface area contributed by atoms with E-state index >= 15 is 0 Å². The first-order valence-corrected chi connectivity index (χ1v) is 6.44. The zero-order valence-electron chi connectivity index (χ0n) is 9.91. The Labute approximate surface area is 93.7 Å². The first-order chi connectivity index (χ1) is 7.33. The fourth-order valence-corrected chi connectivity index (χ4v) is 3.18. The number of nitrogens with zero attached hydrogens (tertiary/aromatic N) is 1. The summed E-state index contributed by atoms with van der Waals surface area (Å²) in [7, 11) is 0. The van der Waals surface area contributed by atoms with Gasteiger partial charge in [-0.2, -0.15) is 0 Å². The molecule has 0 aromatic heterocycles. The number of rotatable bonds is 5. The average Bonchev–Trinajstić information content (AvgIpc) is 2.59. The Morgan fingerprint density at radius 2 is 2.00 bits per heavy atom. The van der Waals surface area contributed by atoms with Gasteiger partial charge in [-0.25, -0.2) is 0 Å². The molecule has 2 saturated heterocycles. The minimum Gasteiger partial charge on any atom is -0.311 e. The van der Waals surface area contributed by atoms with E-state index in [0.29, 0.717) is 0 Å². The molecule has 2 aliphatic rings. The molecule has 1 N–H and O–H groups in total. The summed E-state index contributed by atoms with van der Waals surface area (Å²) in [5, 5.41) is 3.71. The first-order valence-electron chi connectivity index (χ1n) is 6.44. The van der Waals surface area contributed by atoms with Crippen molar-refractivity contribution < 1.29 is 0 Å². The van der Waals surface area contributed by atoms with Gasteiger partial charge in [0, 0.05) is 24.7 Å². The van der Waals surface area contributed by atoms with Crippen molar-refractivity contribution >= 4 is 0 Å². The van der Waals surface area contributed by atoms with Crippen molar-refractivity contribution in [3.05, 3.63) is 12.7 Å². The highest BCUT2D eigenvalue weighted by atomic mass is 15.2. The third kappa shape index (κ3) is 2.61. The highest BCUT2D eigenvalue weighted by molar-refractivity contribution is 4.95. The van der Waals surface area contributed by atoms with Crippen molar-refractivity contribution in [1.82, 2.24) is 10.2 Å². The second-order valence-corrected chi connectivity index (χ2v) is 4.97. The molecule has 2 bridgehead atoms. The Morgan fingerprint density at radius 3 is 2.53 bits per heavy atom. The van der Waals surface area contributed by atoms with Crippen LogP contribution in [0.3, 0.4) is 0 Å². The van der Waals surface area contributed by atoms with E-state index in [-0.39, 0.29) is 0 Å². The molecular weight excluding hydrogens is 184 g/mol. The van der Waals surface area contributed by atoms with Crippen molar-refractivity contribution in [3.8, 4) is 0 Å². The van der Waals surface area contributed by atoms with E-state index in [1.165, 1.54) is 38.8 Å². The summed E-state index contributed by atoms with van der Waals surface area (Å²) < 4.78 is 0. The number of fused-ring (bicyclic) bond motifs is 2. The van der Waals surface area contributed by atoms with E-state index in [2.05, 4.69) is 23.7 Å². The average molecular weight is 208 g/mol. The van der Waals surface area contributed by atoms with Gasteiger partial charge in [-0.1, -0.05) is 13.0 Å². The monoisotopic (exact) mass is 208 g/mol. The highest BCUT2D eigenvalue weighted by Crippen LogP contribution is 2.29. The molecule has 2 heteroatoms. The van der Waals surface area contributed by atoms with Gasteiger partial charge in [0.05, 0.1) is 0 Å². The van der Waals surface area contributed by atoms with Gasteiger partial charge < -0.3 is 10.2 Å². The van der Waals surface area contributed by atoms with Crippen molar-refractivity contribution in [3.63, 3.8) is 0 Å². The molecule has 2 aliphatic heterocycles. The lowest BCUT2D eigenvalue weighted by Crippen LogP contribution is -2.48. The summed E-state index contributed by atoms with van der Waals surface area (Å²) in [5.41, 5.74) is 0. The van der Waals surface area contributed by atoms with Crippen molar-refractivity contribution in [2.24, 2.45) is 0 Å². The van der Waals surface area contributed by atoms with Gasteiger partial charge in [-0.3, -0.25) is 0 Å². The van der Waals surface area contributed by atoms with E-state index in [9.17, 15) is 0 Å². The Bertz CT molecular complexity index is 203. The predicted molar refractivity (Wildman–Crippen MR) is 65.0 cm³/mol. The van der Waals surface area contributed by atoms with Crippen molar-refractivity contribution in [2.45, 2.75) is 57.2 Å². The molecule has 2 rings (SSSR count). The van der Waals surface area contributed by atoms with Crippen LogP contribution >= 0.6 is 0 Å². The SMILES string of the molecule is C=CCCN(CC)C1CC2CCC(C1)N2. The second kappa shape index (κ2) is 5.13. The van der Waals surface area contributed by atoms with Crippen LogP contribution in [0.2, 0.25) is 0 Å². The van der Waals surface area contributed by atoms with Crippen LogP contribution in [0.25, 0.3) is 0 Å². The van der Waals surface area contributed by atoms with Crippen LogP contribution in [-0.4, -0.2) is 36.1 Å². The lowest BCUT2D eigenvalue weighted by atomic mass is 9.98. The highest BCUT2D eigenvalue weighted by Gasteiger charge is 2.35. The summed E-state index contributed by atoms with van der Waals surface area (Å²) >= 11 is 0. The normalized spacial score (nSPS) is 34.7. The summed E-state index contributed by atoms with van der Waals surface area (Å²) in [6, 6.07) is 2.45. The van der Waals surface area contributed by atoms with Gasteiger partial charge in [0.2, 0.25) is 0 Å². The Balaban J connectivity index is 1.87. The molecule has 2 nitrogen and oxygen atoms in total. The van der Waals surface area contributed by atoms with Gasteiger partial charge in [-0.05, 0) is 38.6 Å². The molecule has 0 radical (unpaired) electrons. The fourth-order valence-electron chi connectivity index (χ4n) is 3.18. The smallest absolute Gasteiger partial charge is 0.0125 e. The molecule has 0 aromatic rings. The van der Waals surface area contributed by atoms with E-state index < -0.39 is 0 Å². The van der Waals surface area contributed by atoms with Crippen molar-refractivity contribution in [1.29, 1.82) is 0 Å². The lowest BCUT2D eigenvalue weighted by molar-refractivity contribution is 0.150. The maximum Gasteiger partial charge on any atom is 0.0125 e. The Hall–Kier alpha value is -0.340. The molecule has 2 atom stereocenters. The van der Waals surface area contributed by atoms with Crippen LogP contribution in [0.15, 0.2) is 12.7 Å². The lowest BCUT2D eigenvalue weighted by Gasteiger charge is -2.37. The number of nitrogens with one attached hydrogen (secondary N) is 1. The maximum atomic E-state index is 3.82. The van der Waals surface area contributed by atoms with Crippen LogP contribution in [0.5, 0.6) is 0 Å². The molecule has 15 heavy (non-hydrogen) atoms. The molecule has 86 valence electrons. The quantitative estimate of drug-likeness (QED) is 0.697. The Morgan fingerprint density at radius 1 is 1.33 bits per heavy atom. The minimum absolute atomic E-state index is 0.812. The third-order valence-electron chi connectivity index (χ3n) is 3.99. The van der Waals surface area contributed by atoms with Gasteiger partial charge in [0.25, 0.3) is 0 Å². The zero-order valence-corrected chi connectivity index (χ0v) is 9.91. The summed E-state index contributed by atoms with van der Waals surface area (Å²) in [6.45, 7) is 8.49. The van der Waals surface area contributed by atoms with E-state index in [1.54, 1.807) is 0 Å². The fraction of sp³-hybridized carbons (Fsp3) is 0.846. The van der Waals surface area contributed by atoms with Gasteiger partial charge >= 0.3 is 0 Å². The number of piperidine rings is 1. The van der Waals surface area contributed by atoms with Gasteiger partial charge in [0.15, 0.2) is 0 Å². The molecular formula is C13H24N2. The largest absolute Gasteiger partial charge is 0.311 e. The minimum atomic E-state index is 0.812. The predicted octanol–water partition coefficient (Wildman–Crippen LogP) is 2.17. The third-order valence-corrected chi connectivity index (χ3v) is 3.99. The van der Waals surface area contributed by atoms with Crippen LogP contribution in [0, 0.1) is 0 Å². The Kier molecular flexibility index (Phi) is 3.81.